The monoisotopic (exact) mass is 275 g/mol. The van der Waals surface area contributed by atoms with Gasteiger partial charge in [-0.2, -0.15) is 0 Å². The normalized spacial score (nSPS) is 11.9. The predicted molar refractivity (Wildman–Crippen MR) is 75.1 cm³/mol. The summed E-state index contributed by atoms with van der Waals surface area (Å²) in [4.78, 5) is 13.7. The molecule has 5 heteroatoms. The fourth-order valence-corrected chi connectivity index (χ4v) is 2.71. The van der Waals surface area contributed by atoms with Crippen molar-refractivity contribution in [3.05, 3.63) is 12.7 Å². The molecule has 0 N–H and O–H groups in total. The molecule has 0 unspecified atom stereocenters. The third kappa shape index (κ3) is 7.48. The van der Waals surface area contributed by atoms with Gasteiger partial charge in [-0.15, -0.1) is 6.58 Å². The van der Waals surface area contributed by atoms with Crippen molar-refractivity contribution in [1.29, 1.82) is 0 Å². The summed E-state index contributed by atoms with van der Waals surface area (Å²) in [6.07, 6.45) is 1.32. The Morgan fingerprint density at radius 1 is 1.17 bits per heavy atom. The molecule has 1 amide bonds. The van der Waals surface area contributed by atoms with Crippen LogP contribution in [0.2, 0.25) is 0 Å². The number of hydrogen-bond acceptors (Lipinski definition) is 3. The van der Waals surface area contributed by atoms with Crippen molar-refractivity contribution in [2.24, 2.45) is 11.8 Å². The molecule has 0 saturated heterocycles. The second-order valence-electron chi connectivity index (χ2n) is 5.43. The summed E-state index contributed by atoms with van der Waals surface area (Å²) in [7, 11) is -3.36. The van der Waals surface area contributed by atoms with Crippen molar-refractivity contribution in [1.82, 2.24) is 4.90 Å². The molecular formula is C13H25NO3S. The maximum atomic E-state index is 12.0. The molecule has 0 aliphatic carbocycles. The first kappa shape index (κ1) is 17.2. The minimum absolute atomic E-state index is 0.143. The van der Waals surface area contributed by atoms with E-state index in [1.807, 2.05) is 27.7 Å². The third-order valence-corrected chi connectivity index (χ3v) is 3.67. The summed E-state index contributed by atoms with van der Waals surface area (Å²) in [5.74, 6) is -0.210. The molecule has 0 aliphatic heterocycles. The van der Waals surface area contributed by atoms with E-state index in [0.717, 1.165) is 0 Å². The Kier molecular flexibility index (Phi) is 7.21. The van der Waals surface area contributed by atoms with E-state index in [1.165, 1.54) is 6.08 Å². The first-order chi connectivity index (χ1) is 8.18. The van der Waals surface area contributed by atoms with Crippen LogP contribution in [-0.4, -0.2) is 43.8 Å². The standard InChI is InChI=1S/C13H25NO3S/c1-6-7-18(16,17)10-13(15)14(8-11(2)3)9-12(4)5/h6,11-12H,1,7-10H2,2-5H3. The van der Waals surface area contributed by atoms with Gasteiger partial charge in [-0.25, -0.2) is 8.42 Å². The summed E-state index contributed by atoms with van der Waals surface area (Å²) in [5.41, 5.74) is 0. The Morgan fingerprint density at radius 2 is 1.61 bits per heavy atom. The lowest BCUT2D eigenvalue weighted by Gasteiger charge is -2.26. The van der Waals surface area contributed by atoms with Crippen molar-refractivity contribution in [3.8, 4) is 0 Å². The Bertz CT molecular complexity index is 362. The zero-order valence-corrected chi connectivity index (χ0v) is 12.7. The average molecular weight is 275 g/mol. The molecule has 0 aliphatic rings. The van der Waals surface area contributed by atoms with Gasteiger partial charge >= 0.3 is 0 Å². The molecule has 18 heavy (non-hydrogen) atoms. The van der Waals surface area contributed by atoms with E-state index < -0.39 is 15.6 Å². The smallest absolute Gasteiger partial charge is 0.237 e. The number of amides is 1. The number of hydrogen-bond donors (Lipinski definition) is 0. The zero-order valence-electron chi connectivity index (χ0n) is 11.8. The van der Waals surface area contributed by atoms with Crippen LogP contribution in [0.15, 0.2) is 12.7 Å². The molecule has 0 aromatic rings. The molecule has 0 spiro atoms. The third-order valence-electron chi connectivity index (χ3n) is 2.24. The van der Waals surface area contributed by atoms with Crippen LogP contribution >= 0.6 is 0 Å². The van der Waals surface area contributed by atoms with E-state index in [4.69, 9.17) is 0 Å². The highest BCUT2D eigenvalue weighted by Gasteiger charge is 2.22. The average Bonchev–Trinajstić information content (AvgIpc) is 2.13. The van der Waals surface area contributed by atoms with Crippen molar-refractivity contribution in [2.75, 3.05) is 24.6 Å². The van der Waals surface area contributed by atoms with E-state index >= 15 is 0 Å². The second kappa shape index (κ2) is 7.56. The van der Waals surface area contributed by atoms with Crippen LogP contribution in [0.1, 0.15) is 27.7 Å². The minimum atomic E-state index is -3.36. The van der Waals surface area contributed by atoms with Gasteiger partial charge in [0.05, 0.1) is 5.75 Å². The van der Waals surface area contributed by atoms with Gasteiger partial charge in [0.2, 0.25) is 5.91 Å². The van der Waals surface area contributed by atoms with Gasteiger partial charge in [0, 0.05) is 13.1 Å². The van der Waals surface area contributed by atoms with Crippen molar-refractivity contribution >= 4 is 15.7 Å². The Balaban J connectivity index is 4.70. The second-order valence-corrected chi connectivity index (χ2v) is 7.54. The molecule has 0 bridgehead atoms. The number of nitrogens with zero attached hydrogens (tertiary/aromatic N) is 1. The van der Waals surface area contributed by atoms with Crippen LogP contribution in [0.4, 0.5) is 0 Å². The number of carbonyl (C=O) groups is 1. The summed E-state index contributed by atoms with van der Waals surface area (Å²) < 4.78 is 23.2. The molecule has 0 aromatic heterocycles. The van der Waals surface area contributed by atoms with Gasteiger partial charge in [0.15, 0.2) is 9.84 Å². The SMILES string of the molecule is C=CCS(=O)(=O)CC(=O)N(CC(C)C)CC(C)C. The number of sulfone groups is 1. The number of rotatable bonds is 8. The summed E-state index contributed by atoms with van der Waals surface area (Å²) in [5, 5.41) is 0. The van der Waals surface area contributed by atoms with Crippen molar-refractivity contribution in [3.63, 3.8) is 0 Å². The van der Waals surface area contributed by atoms with Crippen LogP contribution in [-0.2, 0) is 14.6 Å². The van der Waals surface area contributed by atoms with Crippen LogP contribution in [0.25, 0.3) is 0 Å². The zero-order chi connectivity index (χ0) is 14.3. The highest BCUT2D eigenvalue weighted by molar-refractivity contribution is 7.92. The van der Waals surface area contributed by atoms with E-state index in [9.17, 15) is 13.2 Å². The molecule has 0 rings (SSSR count). The maximum absolute atomic E-state index is 12.0. The maximum Gasteiger partial charge on any atom is 0.237 e. The van der Waals surface area contributed by atoms with Gasteiger partial charge in [0.1, 0.15) is 5.75 Å². The summed E-state index contributed by atoms with van der Waals surface area (Å²) in [6.45, 7) is 12.6. The molecule has 4 nitrogen and oxygen atoms in total. The van der Waals surface area contributed by atoms with Gasteiger partial charge in [0.25, 0.3) is 0 Å². The van der Waals surface area contributed by atoms with Crippen molar-refractivity contribution in [2.45, 2.75) is 27.7 Å². The molecule has 0 aromatic carbocycles. The first-order valence-electron chi connectivity index (χ1n) is 6.27. The van der Waals surface area contributed by atoms with Gasteiger partial charge in [-0.3, -0.25) is 4.79 Å². The molecule has 0 saturated carbocycles. The highest BCUT2D eigenvalue weighted by Crippen LogP contribution is 2.06. The fourth-order valence-electron chi connectivity index (χ4n) is 1.68. The van der Waals surface area contributed by atoms with Crippen molar-refractivity contribution < 1.29 is 13.2 Å². The van der Waals surface area contributed by atoms with Crippen LogP contribution < -0.4 is 0 Å². The van der Waals surface area contributed by atoms with Gasteiger partial charge in [-0.1, -0.05) is 33.8 Å². The lowest BCUT2D eigenvalue weighted by atomic mass is 10.1. The molecule has 0 fully saturated rings. The van der Waals surface area contributed by atoms with E-state index in [2.05, 4.69) is 6.58 Å². The Morgan fingerprint density at radius 3 is 1.94 bits per heavy atom. The number of carbonyl (C=O) groups excluding carboxylic acids is 1. The van der Waals surface area contributed by atoms with E-state index in [0.29, 0.717) is 24.9 Å². The quantitative estimate of drug-likeness (QED) is 0.634. The first-order valence-corrected chi connectivity index (χ1v) is 8.09. The topological polar surface area (TPSA) is 54.5 Å². The lowest BCUT2D eigenvalue weighted by Crippen LogP contribution is -2.40. The van der Waals surface area contributed by atoms with Crippen LogP contribution in [0.3, 0.4) is 0 Å². The summed E-state index contributed by atoms with van der Waals surface area (Å²) >= 11 is 0. The van der Waals surface area contributed by atoms with Gasteiger partial charge in [-0.05, 0) is 11.8 Å². The predicted octanol–water partition coefficient (Wildman–Crippen LogP) is 1.73. The van der Waals surface area contributed by atoms with Crippen LogP contribution in [0, 0.1) is 11.8 Å². The molecule has 0 radical (unpaired) electrons. The molecule has 106 valence electrons. The van der Waals surface area contributed by atoms with E-state index in [-0.39, 0.29) is 11.7 Å². The molecule has 0 atom stereocenters. The highest BCUT2D eigenvalue weighted by atomic mass is 32.2. The Hall–Kier alpha value is -0.840. The molecule has 0 heterocycles. The lowest BCUT2D eigenvalue weighted by molar-refractivity contribution is -0.129. The van der Waals surface area contributed by atoms with E-state index in [1.54, 1.807) is 4.90 Å². The minimum Gasteiger partial charge on any atom is -0.341 e. The summed E-state index contributed by atoms with van der Waals surface area (Å²) in [6, 6.07) is 0. The van der Waals surface area contributed by atoms with Gasteiger partial charge < -0.3 is 4.90 Å². The fraction of sp³-hybridized carbons (Fsp3) is 0.769. The Labute approximate surface area is 111 Å². The molecular weight excluding hydrogens is 250 g/mol. The van der Waals surface area contributed by atoms with Crippen LogP contribution in [0.5, 0.6) is 0 Å². The largest absolute Gasteiger partial charge is 0.341 e.